The lowest BCUT2D eigenvalue weighted by atomic mass is 9.97. The number of aryl methyl sites for hydroxylation is 1. The van der Waals surface area contributed by atoms with Gasteiger partial charge in [0.2, 0.25) is 0 Å². The van der Waals surface area contributed by atoms with Crippen LogP contribution in [0.1, 0.15) is 28.5 Å². The molecule has 0 spiro atoms. The summed E-state index contributed by atoms with van der Waals surface area (Å²) in [5, 5.41) is 20.5. The van der Waals surface area contributed by atoms with Crippen molar-refractivity contribution in [2.75, 3.05) is 12.0 Å². The molecule has 1 saturated heterocycles. The standard InChI is InChI=1S/C25H20ClNO7/c1-13-10-16(24(33-2)17(26)11-13)22(30)20-21(18-4-3-9-34-18)27(25(32)23(20)31)15-7-5-14(6-8-15)12-19(28)29/h3-11,21,30H,12H2,1-2H3,(H,28,29)/b22-20-. The van der Waals surface area contributed by atoms with Gasteiger partial charge in [-0.2, -0.15) is 0 Å². The molecule has 0 aliphatic carbocycles. The van der Waals surface area contributed by atoms with Gasteiger partial charge in [-0.15, -0.1) is 0 Å². The van der Waals surface area contributed by atoms with Crippen LogP contribution in [0.25, 0.3) is 5.76 Å². The average molecular weight is 482 g/mol. The maximum absolute atomic E-state index is 13.2. The zero-order chi connectivity index (χ0) is 24.6. The number of aliphatic hydroxyl groups excluding tert-OH is 1. The summed E-state index contributed by atoms with van der Waals surface area (Å²) in [5.41, 5.74) is 1.56. The number of halogens is 1. The highest BCUT2D eigenvalue weighted by Gasteiger charge is 2.48. The van der Waals surface area contributed by atoms with Gasteiger partial charge in [-0.05, 0) is 54.4 Å². The SMILES string of the molecule is COc1c(Cl)cc(C)cc1/C(O)=C1/C(=O)C(=O)N(c2ccc(CC(=O)O)cc2)C1c1ccco1. The molecule has 1 aliphatic rings. The predicted molar refractivity (Wildman–Crippen MR) is 124 cm³/mol. The molecule has 174 valence electrons. The first-order valence-electron chi connectivity index (χ1n) is 10.2. The Morgan fingerprint density at radius 2 is 1.85 bits per heavy atom. The molecule has 4 rings (SSSR count). The Morgan fingerprint density at radius 1 is 1.15 bits per heavy atom. The van der Waals surface area contributed by atoms with Gasteiger partial charge in [0, 0.05) is 5.69 Å². The first-order chi connectivity index (χ1) is 16.2. The molecule has 1 aromatic heterocycles. The van der Waals surface area contributed by atoms with Gasteiger partial charge < -0.3 is 19.4 Å². The number of benzene rings is 2. The van der Waals surface area contributed by atoms with Crippen LogP contribution in [0.5, 0.6) is 5.75 Å². The van der Waals surface area contributed by atoms with Gasteiger partial charge in [0.1, 0.15) is 23.3 Å². The molecule has 1 unspecified atom stereocenters. The molecule has 34 heavy (non-hydrogen) atoms. The number of methoxy groups -OCH3 is 1. The lowest BCUT2D eigenvalue weighted by Crippen LogP contribution is -2.29. The van der Waals surface area contributed by atoms with E-state index < -0.39 is 29.5 Å². The third kappa shape index (κ3) is 4.04. The van der Waals surface area contributed by atoms with Crippen molar-refractivity contribution < 1.29 is 33.8 Å². The Kier molecular flexibility index (Phi) is 6.17. The number of carbonyl (C=O) groups excluding carboxylic acids is 2. The summed E-state index contributed by atoms with van der Waals surface area (Å²) in [6.45, 7) is 1.77. The predicted octanol–water partition coefficient (Wildman–Crippen LogP) is 4.50. The highest BCUT2D eigenvalue weighted by Crippen LogP contribution is 2.44. The molecule has 1 fully saturated rings. The van der Waals surface area contributed by atoms with Crippen LogP contribution in [0.3, 0.4) is 0 Å². The number of Topliss-reactive ketones (excluding diaryl/α,β-unsaturated/α-hetero) is 1. The van der Waals surface area contributed by atoms with Gasteiger partial charge in [0.15, 0.2) is 0 Å². The van der Waals surface area contributed by atoms with Crippen LogP contribution in [0, 0.1) is 6.92 Å². The second-order valence-corrected chi connectivity index (χ2v) is 8.16. The van der Waals surface area contributed by atoms with Crippen molar-refractivity contribution in [3.8, 4) is 5.75 Å². The van der Waals surface area contributed by atoms with Crippen molar-refractivity contribution in [2.24, 2.45) is 0 Å². The van der Waals surface area contributed by atoms with Gasteiger partial charge in [-0.1, -0.05) is 23.7 Å². The molecule has 1 amide bonds. The Morgan fingerprint density at radius 3 is 2.44 bits per heavy atom. The molecule has 1 aliphatic heterocycles. The average Bonchev–Trinajstić information content (AvgIpc) is 3.40. The number of ketones is 1. The Labute approximate surface area is 199 Å². The van der Waals surface area contributed by atoms with E-state index in [2.05, 4.69) is 0 Å². The number of carboxylic acids is 1. The van der Waals surface area contributed by atoms with Gasteiger partial charge in [0.05, 0.1) is 36.0 Å². The molecule has 2 aromatic carbocycles. The second kappa shape index (κ2) is 9.07. The number of carbonyl (C=O) groups is 3. The van der Waals surface area contributed by atoms with E-state index in [9.17, 15) is 19.5 Å². The summed E-state index contributed by atoms with van der Waals surface area (Å²) < 4.78 is 10.9. The van der Waals surface area contributed by atoms with Crippen LogP contribution < -0.4 is 9.64 Å². The lowest BCUT2D eigenvalue weighted by Gasteiger charge is -2.23. The number of furan rings is 1. The number of aliphatic hydroxyl groups is 1. The zero-order valence-electron chi connectivity index (χ0n) is 18.2. The number of ether oxygens (including phenoxy) is 1. The first-order valence-corrected chi connectivity index (χ1v) is 10.6. The molecule has 0 radical (unpaired) electrons. The van der Waals surface area contributed by atoms with Crippen molar-refractivity contribution in [3.05, 3.63) is 87.8 Å². The van der Waals surface area contributed by atoms with E-state index in [1.807, 2.05) is 0 Å². The maximum atomic E-state index is 13.2. The smallest absolute Gasteiger partial charge is 0.307 e. The number of rotatable bonds is 6. The van der Waals surface area contributed by atoms with Gasteiger partial charge >= 0.3 is 5.97 Å². The highest BCUT2D eigenvalue weighted by atomic mass is 35.5. The molecule has 9 heteroatoms. The molecule has 3 aromatic rings. The van der Waals surface area contributed by atoms with Crippen molar-refractivity contribution in [1.29, 1.82) is 0 Å². The van der Waals surface area contributed by atoms with Gasteiger partial charge in [0.25, 0.3) is 11.7 Å². The van der Waals surface area contributed by atoms with E-state index in [0.717, 1.165) is 0 Å². The van der Waals surface area contributed by atoms with Crippen LogP contribution in [-0.4, -0.2) is 35.0 Å². The maximum Gasteiger partial charge on any atom is 0.307 e. The first kappa shape index (κ1) is 23.1. The zero-order valence-corrected chi connectivity index (χ0v) is 19.0. The van der Waals surface area contributed by atoms with Gasteiger partial charge in [-0.25, -0.2) is 0 Å². The minimum atomic E-state index is -1.07. The molecule has 0 saturated carbocycles. The summed E-state index contributed by atoms with van der Waals surface area (Å²) in [4.78, 5) is 38.5. The largest absolute Gasteiger partial charge is 0.507 e. The molecular formula is C25H20ClNO7. The van der Waals surface area contributed by atoms with Crippen molar-refractivity contribution in [1.82, 2.24) is 0 Å². The van der Waals surface area contributed by atoms with Crippen molar-refractivity contribution in [3.63, 3.8) is 0 Å². The summed E-state index contributed by atoms with van der Waals surface area (Å²) in [7, 11) is 1.38. The monoisotopic (exact) mass is 481 g/mol. The lowest BCUT2D eigenvalue weighted by molar-refractivity contribution is -0.136. The van der Waals surface area contributed by atoms with Crippen LogP contribution in [0.2, 0.25) is 5.02 Å². The number of amides is 1. The number of anilines is 1. The van der Waals surface area contributed by atoms with E-state index >= 15 is 0 Å². The van der Waals surface area contributed by atoms with E-state index in [1.165, 1.54) is 18.3 Å². The van der Waals surface area contributed by atoms with Crippen LogP contribution in [-0.2, 0) is 20.8 Å². The van der Waals surface area contributed by atoms with E-state index in [1.54, 1.807) is 55.5 Å². The van der Waals surface area contributed by atoms with Crippen LogP contribution >= 0.6 is 11.6 Å². The van der Waals surface area contributed by atoms with Crippen molar-refractivity contribution >= 4 is 40.7 Å². The quantitative estimate of drug-likeness (QED) is 0.302. The summed E-state index contributed by atoms with van der Waals surface area (Å²) in [5.74, 6) is -2.80. The number of hydrogen-bond donors (Lipinski definition) is 2. The number of hydrogen-bond acceptors (Lipinski definition) is 6. The fourth-order valence-electron chi connectivity index (χ4n) is 4.02. The third-order valence-corrected chi connectivity index (χ3v) is 5.75. The summed E-state index contributed by atoms with van der Waals surface area (Å²) in [6, 6.07) is 11.6. The molecule has 1 atom stereocenters. The minimum Gasteiger partial charge on any atom is -0.507 e. The highest BCUT2D eigenvalue weighted by molar-refractivity contribution is 6.51. The van der Waals surface area contributed by atoms with E-state index in [4.69, 9.17) is 25.9 Å². The Hall–Kier alpha value is -4.04. The normalized spacial score (nSPS) is 17.3. The summed E-state index contributed by atoms with van der Waals surface area (Å²) in [6.07, 6.45) is 1.21. The number of carboxylic acid groups (broad SMARTS) is 1. The van der Waals surface area contributed by atoms with E-state index in [-0.39, 0.29) is 34.1 Å². The van der Waals surface area contributed by atoms with Crippen LogP contribution in [0.4, 0.5) is 5.69 Å². The fraction of sp³-hybridized carbons (Fsp3) is 0.160. The Bertz CT molecular complexity index is 1310. The van der Waals surface area contributed by atoms with Crippen molar-refractivity contribution in [2.45, 2.75) is 19.4 Å². The minimum absolute atomic E-state index is 0.159. The molecule has 0 bridgehead atoms. The topological polar surface area (TPSA) is 117 Å². The number of nitrogens with zero attached hydrogens (tertiary/aromatic N) is 1. The summed E-state index contributed by atoms with van der Waals surface area (Å²) >= 11 is 6.28. The van der Waals surface area contributed by atoms with E-state index in [0.29, 0.717) is 16.8 Å². The van der Waals surface area contributed by atoms with Gasteiger partial charge in [-0.3, -0.25) is 19.3 Å². The van der Waals surface area contributed by atoms with Crippen LogP contribution in [0.15, 0.2) is 64.8 Å². The molecule has 2 N–H and O–H groups in total. The molecule has 2 heterocycles. The fourth-order valence-corrected chi connectivity index (χ4v) is 4.37. The molecular weight excluding hydrogens is 462 g/mol. The number of aliphatic carboxylic acids is 1. The second-order valence-electron chi connectivity index (χ2n) is 7.75. The Balaban J connectivity index is 1.90. The molecule has 8 nitrogen and oxygen atoms in total. The third-order valence-electron chi connectivity index (χ3n) is 5.47.